The van der Waals surface area contributed by atoms with E-state index in [-0.39, 0.29) is 35.0 Å². The van der Waals surface area contributed by atoms with Gasteiger partial charge >= 0.3 is 6.18 Å². The van der Waals surface area contributed by atoms with Crippen molar-refractivity contribution in [3.63, 3.8) is 0 Å². The fraction of sp³-hybridized carbons (Fsp3) is 0.316. The van der Waals surface area contributed by atoms with Crippen molar-refractivity contribution < 1.29 is 22.5 Å². The molecule has 0 aliphatic rings. The highest BCUT2D eigenvalue weighted by molar-refractivity contribution is 6.12. The predicted octanol–water partition coefficient (Wildman–Crippen LogP) is 4.38. The lowest BCUT2D eigenvalue weighted by atomic mass is 10.0. The molecule has 148 valence electrons. The molecule has 0 fully saturated rings. The third-order valence-electron chi connectivity index (χ3n) is 4.21. The normalized spacial score (nSPS) is 12.0. The average Bonchev–Trinajstić information content (AvgIpc) is 3.03. The zero-order chi connectivity index (χ0) is 20.6. The van der Waals surface area contributed by atoms with Gasteiger partial charge in [-0.15, -0.1) is 0 Å². The van der Waals surface area contributed by atoms with Crippen molar-refractivity contribution in [2.45, 2.75) is 39.4 Å². The van der Waals surface area contributed by atoms with Crippen LogP contribution in [0.3, 0.4) is 0 Å². The summed E-state index contributed by atoms with van der Waals surface area (Å²) >= 11 is 0. The summed E-state index contributed by atoms with van der Waals surface area (Å²) in [6.07, 6.45) is -4.55. The Kier molecular flexibility index (Phi) is 5.12. The second-order valence-corrected chi connectivity index (χ2v) is 6.79. The fourth-order valence-electron chi connectivity index (χ4n) is 2.91. The van der Waals surface area contributed by atoms with E-state index in [9.17, 15) is 18.0 Å². The first-order valence-electron chi connectivity index (χ1n) is 8.59. The third-order valence-corrected chi connectivity index (χ3v) is 4.21. The van der Waals surface area contributed by atoms with E-state index in [4.69, 9.17) is 10.3 Å². The smallest absolute Gasteiger partial charge is 0.335 e. The summed E-state index contributed by atoms with van der Waals surface area (Å²) in [6.45, 7) is 5.37. The number of amides is 1. The second kappa shape index (κ2) is 7.23. The molecule has 0 radical (unpaired) electrons. The molecule has 3 rings (SSSR count). The fourth-order valence-corrected chi connectivity index (χ4v) is 2.91. The van der Waals surface area contributed by atoms with Crippen LogP contribution in [0.15, 0.2) is 28.8 Å². The number of carbonyl (C=O) groups is 1. The van der Waals surface area contributed by atoms with Gasteiger partial charge in [0.15, 0.2) is 0 Å². The molecule has 0 saturated carbocycles. The minimum absolute atomic E-state index is 0.00504. The maximum atomic E-state index is 13.1. The molecule has 0 atom stereocenters. The van der Waals surface area contributed by atoms with Gasteiger partial charge in [-0.05, 0) is 42.7 Å². The second-order valence-electron chi connectivity index (χ2n) is 6.79. The van der Waals surface area contributed by atoms with Gasteiger partial charge in [0, 0.05) is 17.9 Å². The Hall–Kier alpha value is -2.94. The number of aromatic nitrogens is 2. The van der Waals surface area contributed by atoms with Crippen LogP contribution in [0.5, 0.6) is 0 Å². The number of hydrogen-bond acceptors (Lipinski definition) is 5. The number of aryl methyl sites for hydroxylation is 1. The summed E-state index contributed by atoms with van der Waals surface area (Å²) in [4.78, 5) is 17.1. The van der Waals surface area contributed by atoms with Crippen molar-refractivity contribution in [1.29, 1.82) is 0 Å². The highest BCUT2D eigenvalue weighted by atomic mass is 19.4. The minimum atomic E-state index is -4.55. The number of alkyl halides is 3. The highest BCUT2D eigenvalue weighted by Gasteiger charge is 2.31. The van der Waals surface area contributed by atoms with Crippen molar-refractivity contribution in [3.8, 4) is 0 Å². The number of carbonyl (C=O) groups excluding carboxylic acids is 1. The molecule has 2 aromatic heterocycles. The highest BCUT2D eigenvalue weighted by Crippen LogP contribution is 2.33. The largest absolute Gasteiger partial charge is 0.416 e. The summed E-state index contributed by atoms with van der Waals surface area (Å²) in [7, 11) is 0. The quantitative estimate of drug-likeness (QED) is 0.687. The van der Waals surface area contributed by atoms with Crippen LogP contribution in [0.4, 0.5) is 18.9 Å². The number of anilines is 1. The lowest BCUT2D eigenvalue weighted by molar-refractivity contribution is -0.137. The van der Waals surface area contributed by atoms with E-state index in [1.165, 1.54) is 6.07 Å². The summed E-state index contributed by atoms with van der Waals surface area (Å²) in [5.74, 6) is -0.613. The number of rotatable bonds is 4. The molecule has 6 nitrogen and oxygen atoms in total. The lowest BCUT2D eigenvalue weighted by Gasteiger charge is -2.13. The standard InChI is InChI=1S/C19H19F3N4O2/c1-9(2)16-15-14(4-10(3)24-18(15)28-26-16)17(27)25-13-6-11(8-23)5-12(7-13)19(20,21)22/h4-7,9H,8,23H2,1-3H3,(H,25,27). The summed E-state index contributed by atoms with van der Waals surface area (Å²) in [5.41, 5.74) is 6.40. The van der Waals surface area contributed by atoms with E-state index >= 15 is 0 Å². The molecule has 9 heteroatoms. The van der Waals surface area contributed by atoms with Gasteiger partial charge in [0.1, 0.15) is 0 Å². The molecular weight excluding hydrogens is 373 g/mol. The van der Waals surface area contributed by atoms with Crippen molar-refractivity contribution in [2.75, 3.05) is 5.32 Å². The van der Waals surface area contributed by atoms with Crippen LogP contribution in [0.2, 0.25) is 0 Å². The van der Waals surface area contributed by atoms with E-state index in [2.05, 4.69) is 15.5 Å². The van der Waals surface area contributed by atoms with E-state index in [1.54, 1.807) is 13.0 Å². The van der Waals surface area contributed by atoms with Crippen LogP contribution < -0.4 is 11.1 Å². The van der Waals surface area contributed by atoms with Crippen LogP contribution in [0, 0.1) is 6.92 Å². The molecule has 28 heavy (non-hydrogen) atoms. The molecule has 0 spiro atoms. The number of benzene rings is 1. The number of nitrogens with one attached hydrogen (secondary N) is 1. The average molecular weight is 392 g/mol. The number of fused-ring (bicyclic) bond motifs is 1. The van der Waals surface area contributed by atoms with Gasteiger partial charge in [0.2, 0.25) is 0 Å². The van der Waals surface area contributed by atoms with Gasteiger partial charge in [-0.1, -0.05) is 19.0 Å². The number of halogens is 3. The number of nitrogens with two attached hydrogens (primary N) is 1. The van der Waals surface area contributed by atoms with Crippen molar-refractivity contribution in [2.24, 2.45) is 5.73 Å². The Morgan fingerprint density at radius 2 is 1.96 bits per heavy atom. The van der Waals surface area contributed by atoms with Crippen molar-refractivity contribution in [3.05, 3.63) is 52.3 Å². The van der Waals surface area contributed by atoms with Gasteiger partial charge in [-0.3, -0.25) is 4.79 Å². The molecule has 3 aromatic rings. The Labute approximate surface area is 158 Å². The van der Waals surface area contributed by atoms with Gasteiger partial charge in [-0.25, -0.2) is 4.98 Å². The minimum Gasteiger partial charge on any atom is -0.335 e. The Morgan fingerprint density at radius 1 is 1.25 bits per heavy atom. The van der Waals surface area contributed by atoms with Gasteiger partial charge in [0.05, 0.1) is 22.2 Å². The molecule has 3 N–H and O–H groups in total. The summed E-state index contributed by atoms with van der Waals surface area (Å²) < 4.78 is 44.6. The molecule has 0 unspecified atom stereocenters. The van der Waals surface area contributed by atoms with E-state index in [0.717, 1.165) is 12.1 Å². The van der Waals surface area contributed by atoms with Crippen LogP contribution in [-0.4, -0.2) is 16.0 Å². The predicted molar refractivity (Wildman–Crippen MR) is 97.9 cm³/mol. The van der Waals surface area contributed by atoms with Crippen LogP contribution in [0.1, 0.15) is 52.6 Å². The monoisotopic (exact) mass is 392 g/mol. The summed E-state index contributed by atoms with van der Waals surface area (Å²) in [5, 5.41) is 6.95. The maximum Gasteiger partial charge on any atom is 0.416 e. The third kappa shape index (κ3) is 3.84. The molecule has 0 aliphatic heterocycles. The van der Waals surface area contributed by atoms with Gasteiger partial charge < -0.3 is 15.6 Å². The van der Waals surface area contributed by atoms with E-state index < -0.39 is 17.6 Å². The molecule has 0 saturated heterocycles. The molecule has 0 aliphatic carbocycles. The number of hydrogen-bond donors (Lipinski definition) is 2. The van der Waals surface area contributed by atoms with E-state index in [1.807, 2.05) is 13.8 Å². The maximum absolute atomic E-state index is 13.1. The lowest BCUT2D eigenvalue weighted by Crippen LogP contribution is -2.15. The number of pyridine rings is 1. The number of nitrogens with zero attached hydrogens (tertiary/aromatic N) is 2. The Bertz CT molecular complexity index is 1040. The molecular formula is C19H19F3N4O2. The summed E-state index contributed by atoms with van der Waals surface area (Å²) in [6, 6.07) is 4.80. The van der Waals surface area contributed by atoms with Crippen LogP contribution in [-0.2, 0) is 12.7 Å². The first-order valence-corrected chi connectivity index (χ1v) is 8.59. The SMILES string of the molecule is Cc1cc(C(=O)Nc2cc(CN)cc(C(F)(F)F)c2)c2c(C(C)C)noc2n1. The zero-order valence-electron chi connectivity index (χ0n) is 15.5. The first-order chi connectivity index (χ1) is 13.1. The van der Waals surface area contributed by atoms with Crippen LogP contribution >= 0.6 is 0 Å². The Morgan fingerprint density at radius 3 is 2.57 bits per heavy atom. The molecule has 1 aromatic carbocycles. The molecule has 1 amide bonds. The molecule has 0 bridgehead atoms. The van der Waals surface area contributed by atoms with Crippen LogP contribution in [0.25, 0.3) is 11.1 Å². The van der Waals surface area contributed by atoms with E-state index in [0.29, 0.717) is 16.8 Å². The first kappa shape index (κ1) is 19.8. The zero-order valence-corrected chi connectivity index (χ0v) is 15.5. The van der Waals surface area contributed by atoms with Gasteiger partial charge in [0.25, 0.3) is 11.6 Å². The Balaban J connectivity index is 2.06. The molecule has 2 heterocycles. The van der Waals surface area contributed by atoms with Crippen molar-refractivity contribution >= 4 is 22.7 Å². The van der Waals surface area contributed by atoms with Crippen molar-refractivity contribution in [1.82, 2.24) is 10.1 Å². The topological polar surface area (TPSA) is 94.0 Å². The van der Waals surface area contributed by atoms with Gasteiger partial charge in [-0.2, -0.15) is 13.2 Å².